The summed E-state index contributed by atoms with van der Waals surface area (Å²) < 4.78 is 5.98. The average Bonchev–Trinajstić information content (AvgIpc) is 2.89. The van der Waals surface area contributed by atoms with Gasteiger partial charge in [-0.15, -0.1) is 0 Å². The normalized spacial score (nSPS) is 18.7. The third-order valence-corrected chi connectivity index (χ3v) is 6.61. The minimum Gasteiger partial charge on any atom is -0.472 e. The first-order chi connectivity index (χ1) is 17.2. The largest absolute Gasteiger partial charge is 0.472 e. The molecule has 1 aromatic carbocycles. The van der Waals surface area contributed by atoms with E-state index in [4.69, 9.17) is 4.74 Å². The van der Waals surface area contributed by atoms with Crippen molar-refractivity contribution in [2.24, 2.45) is 0 Å². The molecular weight excluding hydrogens is 442 g/mol. The Labute approximate surface area is 208 Å². The predicted octanol–water partition coefficient (Wildman–Crippen LogP) is 2.86. The number of ether oxygens (including phenoxy) is 1. The van der Waals surface area contributed by atoms with Crippen LogP contribution in [-0.2, 0) is 9.59 Å². The lowest BCUT2D eigenvalue weighted by molar-refractivity contribution is -0.127. The zero-order valence-electron chi connectivity index (χ0n) is 20.7. The van der Waals surface area contributed by atoms with Crippen molar-refractivity contribution >= 4 is 17.6 Å². The van der Waals surface area contributed by atoms with Gasteiger partial charge in [-0.2, -0.15) is 0 Å². The fraction of sp³-hybridized carbons (Fsp3) is 0.519. The molecule has 0 radical (unpaired) electrons. The van der Waals surface area contributed by atoms with Gasteiger partial charge >= 0.3 is 0 Å². The zero-order chi connectivity index (χ0) is 24.5. The van der Waals surface area contributed by atoms with Gasteiger partial charge in [-0.1, -0.05) is 37.3 Å². The van der Waals surface area contributed by atoms with Gasteiger partial charge in [0.15, 0.2) is 11.6 Å². The van der Waals surface area contributed by atoms with Gasteiger partial charge in [0.05, 0.1) is 0 Å². The van der Waals surface area contributed by atoms with Crippen molar-refractivity contribution in [3.05, 3.63) is 54.2 Å². The van der Waals surface area contributed by atoms with Gasteiger partial charge in [-0.25, -0.2) is 4.98 Å². The minimum atomic E-state index is -0.703. The van der Waals surface area contributed by atoms with Crippen molar-refractivity contribution < 1.29 is 14.3 Å². The first kappa shape index (κ1) is 25.1. The molecule has 1 saturated heterocycles. The molecule has 1 atom stereocenters. The molecule has 4 rings (SSSR count). The van der Waals surface area contributed by atoms with Crippen molar-refractivity contribution in [3.8, 4) is 5.75 Å². The first-order valence-corrected chi connectivity index (χ1v) is 12.8. The lowest BCUT2D eigenvalue weighted by atomic mass is 10.1. The average molecular weight is 480 g/mol. The van der Waals surface area contributed by atoms with Crippen LogP contribution in [0, 0.1) is 0 Å². The molecule has 0 bridgehead atoms. The number of aromatic nitrogens is 1. The maximum atomic E-state index is 13.2. The SMILES string of the molecule is CCCN1CCN(CCCNC(=O)CCCN2C(=O)[C@H](c3ccccc3)Oc3cccnc32)CC1. The molecule has 2 aliphatic rings. The number of fused-ring (bicyclic) bond motifs is 1. The zero-order valence-corrected chi connectivity index (χ0v) is 20.7. The number of carbonyl (C=O) groups is 2. The fourth-order valence-electron chi connectivity index (χ4n) is 4.72. The highest BCUT2D eigenvalue weighted by Gasteiger charge is 2.36. The number of rotatable bonds is 11. The quantitative estimate of drug-likeness (QED) is 0.500. The van der Waals surface area contributed by atoms with Crippen LogP contribution in [0.4, 0.5) is 5.82 Å². The van der Waals surface area contributed by atoms with Gasteiger partial charge in [-0.05, 0) is 44.5 Å². The number of carbonyl (C=O) groups excluding carboxylic acids is 2. The third-order valence-electron chi connectivity index (χ3n) is 6.61. The molecule has 2 amide bonds. The summed E-state index contributed by atoms with van der Waals surface area (Å²) in [7, 11) is 0. The van der Waals surface area contributed by atoms with E-state index in [0.29, 0.717) is 37.5 Å². The lowest BCUT2D eigenvalue weighted by Crippen LogP contribution is -2.47. The van der Waals surface area contributed by atoms with E-state index in [2.05, 4.69) is 27.0 Å². The van der Waals surface area contributed by atoms with Crippen molar-refractivity contribution in [3.63, 3.8) is 0 Å². The molecule has 0 aliphatic carbocycles. The van der Waals surface area contributed by atoms with Crippen molar-refractivity contribution in [2.45, 2.75) is 38.7 Å². The Bertz CT molecular complexity index is 962. The van der Waals surface area contributed by atoms with E-state index in [1.165, 1.54) is 13.0 Å². The number of nitrogens with zero attached hydrogens (tertiary/aromatic N) is 4. The minimum absolute atomic E-state index is 0.0272. The molecule has 35 heavy (non-hydrogen) atoms. The summed E-state index contributed by atoms with van der Waals surface area (Å²) in [5.41, 5.74) is 0.807. The smallest absolute Gasteiger partial charge is 0.274 e. The van der Waals surface area contributed by atoms with Crippen molar-refractivity contribution in [1.82, 2.24) is 20.1 Å². The predicted molar refractivity (Wildman–Crippen MR) is 136 cm³/mol. The standard InChI is InChI=1S/C27H37N5O3/c1-2-15-30-18-20-31(21-19-30)16-8-14-28-24(33)12-7-17-32-26-23(11-6-13-29-26)35-25(27(32)34)22-9-4-3-5-10-22/h3-6,9-11,13,25H,2,7-8,12,14-21H2,1H3,(H,28,33)/t25-/m0/s1. The number of nitrogens with one attached hydrogen (secondary N) is 1. The van der Waals surface area contributed by atoms with Gasteiger partial charge in [0, 0.05) is 57.4 Å². The number of anilines is 1. The third kappa shape index (κ3) is 6.80. The van der Waals surface area contributed by atoms with Gasteiger partial charge in [0.1, 0.15) is 0 Å². The fourth-order valence-corrected chi connectivity index (χ4v) is 4.72. The number of amides is 2. The maximum absolute atomic E-state index is 13.2. The number of piperazine rings is 1. The molecule has 0 spiro atoms. The second-order valence-electron chi connectivity index (χ2n) is 9.21. The van der Waals surface area contributed by atoms with Crippen molar-refractivity contribution in [1.29, 1.82) is 0 Å². The summed E-state index contributed by atoms with van der Waals surface area (Å²) in [4.78, 5) is 36.7. The molecule has 2 aliphatic heterocycles. The molecule has 8 nitrogen and oxygen atoms in total. The van der Waals surface area contributed by atoms with Crippen LogP contribution in [0.15, 0.2) is 48.7 Å². The van der Waals surface area contributed by atoms with Crippen LogP contribution in [0.25, 0.3) is 0 Å². The topological polar surface area (TPSA) is 78.0 Å². The van der Waals surface area contributed by atoms with Gasteiger partial charge in [0.25, 0.3) is 5.91 Å². The summed E-state index contributed by atoms with van der Waals surface area (Å²) in [5, 5.41) is 3.03. The number of benzene rings is 1. The summed E-state index contributed by atoms with van der Waals surface area (Å²) in [6.45, 7) is 10.1. The molecule has 3 heterocycles. The summed E-state index contributed by atoms with van der Waals surface area (Å²) in [6, 6.07) is 13.1. The first-order valence-electron chi connectivity index (χ1n) is 12.8. The van der Waals surface area contributed by atoms with Crippen LogP contribution in [0.5, 0.6) is 5.75 Å². The van der Waals surface area contributed by atoms with Crippen LogP contribution in [-0.4, -0.2) is 79.0 Å². The van der Waals surface area contributed by atoms with E-state index in [9.17, 15) is 9.59 Å². The number of hydrogen-bond donors (Lipinski definition) is 1. The van der Waals surface area contributed by atoms with E-state index in [0.717, 1.165) is 44.7 Å². The summed E-state index contributed by atoms with van der Waals surface area (Å²) in [5.74, 6) is 0.978. The van der Waals surface area contributed by atoms with Crippen LogP contribution in [0.2, 0.25) is 0 Å². The molecule has 8 heteroatoms. The van der Waals surface area contributed by atoms with Crippen LogP contribution < -0.4 is 15.0 Å². The number of pyridine rings is 1. The molecular formula is C27H37N5O3. The molecule has 1 N–H and O–H groups in total. The molecule has 188 valence electrons. The Kier molecular flexibility index (Phi) is 9.08. The maximum Gasteiger partial charge on any atom is 0.274 e. The van der Waals surface area contributed by atoms with Crippen LogP contribution in [0.1, 0.15) is 44.3 Å². The van der Waals surface area contributed by atoms with Gasteiger partial charge in [0.2, 0.25) is 12.0 Å². The van der Waals surface area contributed by atoms with E-state index in [1.54, 1.807) is 17.2 Å². The highest BCUT2D eigenvalue weighted by atomic mass is 16.5. The Hall–Kier alpha value is -2.97. The summed E-state index contributed by atoms with van der Waals surface area (Å²) >= 11 is 0. The lowest BCUT2D eigenvalue weighted by Gasteiger charge is -2.34. The Balaban J connectivity index is 1.20. The highest BCUT2D eigenvalue weighted by Crippen LogP contribution is 2.37. The highest BCUT2D eigenvalue weighted by molar-refractivity contribution is 5.99. The Morgan fingerprint density at radius 1 is 1.00 bits per heavy atom. The van der Waals surface area contributed by atoms with Gasteiger partial charge in [-0.3, -0.25) is 14.5 Å². The number of hydrogen-bond acceptors (Lipinski definition) is 6. The molecule has 1 fully saturated rings. The Morgan fingerprint density at radius 2 is 1.74 bits per heavy atom. The molecule has 2 aromatic rings. The Morgan fingerprint density at radius 3 is 2.49 bits per heavy atom. The van der Waals surface area contributed by atoms with E-state index in [1.807, 2.05) is 36.4 Å². The van der Waals surface area contributed by atoms with Crippen molar-refractivity contribution in [2.75, 3.05) is 57.3 Å². The molecule has 0 saturated carbocycles. The van der Waals surface area contributed by atoms with E-state index >= 15 is 0 Å². The monoisotopic (exact) mass is 479 g/mol. The summed E-state index contributed by atoms with van der Waals surface area (Å²) in [6.07, 6.45) is 4.06. The second-order valence-corrected chi connectivity index (χ2v) is 9.21. The van der Waals surface area contributed by atoms with Crippen LogP contribution in [0.3, 0.4) is 0 Å². The molecule has 0 unspecified atom stereocenters. The van der Waals surface area contributed by atoms with Gasteiger partial charge < -0.3 is 19.9 Å². The van der Waals surface area contributed by atoms with Crippen LogP contribution >= 0.6 is 0 Å². The second kappa shape index (κ2) is 12.7. The van der Waals surface area contributed by atoms with E-state index < -0.39 is 6.10 Å². The van der Waals surface area contributed by atoms with E-state index in [-0.39, 0.29) is 11.8 Å². The molecule has 1 aromatic heterocycles.